The molecule has 0 saturated heterocycles. The van der Waals surface area contributed by atoms with Gasteiger partial charge < -0.3 is 10.2 Å². The minimum atomic E-state index is 0.0204. The highest BCUT2D eigenvalue weighted by molar-refractivity contribution is 7.11. The van der Waals surface area contributed by atoms with Crippen LogP contribution >= 0.6 is 11.3 Å². The summed E-state index contributed by atoms with van der Waals surface area (Å²) in [5.41, 5.74) is 0. The van der Waals surface area contributed by atoms with Gasteiger partial charge in [0, 0.05) is 24.2 Å². The lowest BCUT2D eigenvalue weighted by atomic mass is 10.1. The molecule has 0 bridgehead atoms. The maximum atomic E-state index is 12.1. The van der Waals surface area contributed by atoms with E-state index in [-0.39, 0.29) is 6.03 Å². The number of urea groups is 1. The predicted octanol–water partition coefficient (Wildman–Crippen LogP) is 3.04. The number of nitrogens with one attached hydrogen (secondary N) is 1. The molecule has 0 unspecified atom stereocenters. The molecule has 2 amide bonds. The zero-order valence-electron chi connectivity index (χ0n) is 12.0. The molecule has 1 aliphatic carbocycles. The fraction of sp³-hybridized carbons (Fsp3) is 0.714. The Bertz CT molecular complexity index is 432. The van der Waals surface area contributed by atoms with Crippen LogP contribution in [-0.2, 0) is 13.0 Å². The molecule has 1 aliphatic rings. The lowest BCUT2D eigenvalue weighted by Gasteiger charge is -2.22. The molecule has 19 heavy (non-hydrogen) atoms. The van der Waals surface area contributed by atoms with Gasteiger partial charge in [-0.15, -0.1) is 11.3 Å². The third-order valence-electron chi connectivity index (χ3n) is 3.84. The van der Waals surface area contributed by atoms with E-state index in [1.807, 2.05) is 13.2 Å². The van der Waals surface area contributed by atoms with Gasteiger partial charge in [-0.25, -0.2) is 9.78 Å². The summed E-state index contributed by atoms with van der Waals surface area (Å²) in [6.45, 7) is 4.93. The van der Waals surface area contributed by atoms with Crippen molar-refractivity contribution < 1.29 is 4.79 Å². The van der Waals surface area contributed by atoms with Crippen LogP contribution in [0.2, 0.25) is 0 Å². The van der Waals surface area contributed by atoms with E-state index in [1.165, 1.54) is 17.7 Å². The molecule has 106 valence electrons. The first-order chi connectivity index (χ1) is 9.10. The van der Waals surface area contributed by atoms with E-state index >= 15 is 0 Å². The van der Waals surface area contributed by atoms with Crippen LogP contribution in [0.5, 0.6) is 0 Å². The van der Waals surface area contributed by atoms with Gasteiger partial charge in [-0.2, -0.15) is 0 Å². The molecule has 1 aromatic heterocycles. The van der Waals surface area contributed by atoms with Gasteiger partial charge in [0.15, 0.2) is 0 Å². The van der Waals surface area contributed by atoms with Gasteiger partial charge in [-0.05, 0) is 25.2 Å². The summed E-state index contributed by atoms with van der Waals surface area (Å²) in [5.74, 6) is 0.601. The van der Waals surface area contributed by atoms with Crippen molar-refractivity contribution in [3.8, 4) is 0 Å². The van der Waals surface area contributed by atoms with Crippen LogP contribution in [0.3, 0.4) is 0 Å². The number of nitrogens with zero attached hydrogens (tertiary/aromatic N) is 2. The van der Waals surface area contributed by atoms with E-state index in [1.54, 1.807) is 16.2 Å². The summed E-state index contributed by atoms with van der Waals surface area (Å²) in [7, 11) is 1.84. The zero-order valence-corrected chi connectivity index (χ0v) is 12.8. The van der Waals surface area contributed by atoms with Crippen molar-refractivity contribution >= 4 is 17.4 Å². The Balaban J connectivity index is 1.84. The molecule has 1 fully saturated rings. The van der Waals surface area contributed by atoms with Crippen LogP contribution in [0, 0.1) is 5.92 Å². The minimum absolute atomic E-state index is 0.0204. The Kier molecular flexibility index (Phi) is 4.80. The molecule has 0 aromatic carbocycles. The average Bonchev–Trinajstić information content (AvgIpc) is 2.99. The molecule has 1 aromatic rings. The van der Waals surface area contributed by atoms with Crippen LogP contribution < -0.4 is 5.32 Å². The quantitative estimate of drug-likeness (QED) is 0.922. The van der Waals surface area contributed by atoms with Gasteiger partial charge in [0.2, 0.25) is 0 Å². The standard InChI is InChI=1S/C14H23N3OS/c1-4-11-8-15-13(19-11)9-17(3)14(18)16-12-7-5-6-10(12)2/h8,10,12H,4-7,9H2,1-3H3,(H,16,18)/t10-,12+/m1/s1. The van der Waals surface area contributed by atoms with Crippen LogP contribution in [0.1, 0.15) is 43.0 Å². The molecular formula is C14H23N3OS. The van der Waals surface area contributed by atoms with Gasteiger partial charge in [-0.1, -0.05) is 20.3 Å². The summed E-state index contributed by atoms with van der Waals surface area (Å²) in [5, 5.41) is 4.14. The summed E-state index contributed by atoms with van der Waals surface area (Å²) in [6.07, 6.45) is 6.47. The third-order valence-corrected chi connectivity index (χ3v) is 4.97. The Morgan fingerprint density at radius 1 is 1.58 bits per heavy atom. The van der Waals surface area contributed by atoms with Crippen molar-refractivity contribution in [2.75, 3.05) is 7.05 Å². The number of rotatable bonds is 4. The Morgan fingerprint density at radius 2 is 2.37 bits per heavy atom. The van der Waals surface area contributed by atoms with Crippen molar-refractivity contribution in [2.24, 2.45) is 5.92 Å². The number of carbonyl (C=O) groups excluding carboxylic acids is 1. The molecule has 5 heteroatoms. The first-order valence-corrected chi connectivity index (χ1v) is 7.87. The predicted molar refractivity (Wildman–Crippen MR) is 78.3 cm³/mol. The fourth-order valence-electron chi connectivity index (χ4n) is 2.49. The van der Waals surface area contributed by atoms with Gasteiger partial charge in [0.1, 0.15) is 5.01 Å². The number of aryl methyl sites for hydroxylation is 1. The highest BCUT2D eigenvalue weighted by Gasteiger charge is 2.25. The number of amides is 2. The van der Waals surface area contributed by atoms with E-state index in [0.717, 1.165) is 17.8 Å². The summed E-state index contributed by atoms with van der Waals surface area (Å²) >= 11 is 1.69. The highest BCUT2D eigenvalue weighted by Crippen LogP contribution is 2.25. The van der Waals surface area contributed by atoms with Crippen molar-refractivity contribution in [2.45, 2.75) is 52.1 Å². The zero-order chi connectivity index (χ0) is 13.8. The largest absolute Gasteiger partial charge is 0.335 e. The highest BCUT2D eigenvalue weighted by atomic mass is 32.1. The molecule has 2 rings (SSSR count). The second kappa shape index (κ2) is 6.37. The van der Waals surface area contributed by atoms with Gasteiger partial charge in [-0.3, -0.25) is 0 Å². The maximum Gasteiger partial charge on any atom is 0.317 e. The van der Waals surface area contributed by atoms with Crippen LogP contribution in [0.15, 0.2) is 6.20 Å². The Morgan fingerprint density at radius 3 is 2.95 bits per heavy atom. The van der Waals surface area contributed by atoms with Gasteiger partial charge in [0.05, 0.1) is 6.54 Å². The number of hydrogen-bond donors (Lipinski definition) is 1. The summed E-state index contributed by atoms with van der Waals surface area (Å²) in [4.78, 5) is 19.5. The average molecular weight is 281 g/mol. The normalized spacial score (nSPS) is 22.5. The maximum absolute atomic E-state index is 12.1. The van der Waals surface area contributed by atoms with Gasteiger partial charge >= 0.3 is 6.03 Å². The van der Waals surface area contributed by atoms with Crippen LogP contribution in [-0.4, -0.2) is 29.0 Å². The number of hydrogen-bond acceptors (Lipinski definition) is 3. The SMILES string of the molecule is CCc1cnc(CN(C)C(=O)N[C@H]2CCC[C@H]2C)s1. The Hall–Kier alpha value is -1.10. The monoisotopic (exact) mass is 281 g/mol. The number of carbonyl (C=O) groups is 1. The molecule has 1 heterocycles. The van der Waals surface area contributed by atoms with Crippen LogP contribution in [0.4, 0.5) is 4.79 Å². The lowest BCUT2D eigenvalue weighted by Crippen LogP contribution is -2.43. The van der Waals surface area contributed by atoms with E-state index in [4.69, 9.17) is 0 Å². The first kappa shape index (κ1) is 14.3. The minimum Gasteiger partial charge on any atom is -0.335 e. The van der Waals surface area contributed by atoms with E-state index in [0.29, 0.717) is 18.5 Å². The third kappa shape index (κ3) is 3.69. The number of aromatic nitrogens is 1. The first-order valence-electron chi connectivity index (χ1n) is 7.05. The van der Waals surface area contributed by atoms with Gasteiger partial charge in [0.25, 0.3) is 0 Å². The van der Waals surface area contributed by atoms with Crippen molar-refractivity contribution in [3.05, 3.63) is 16.1 Å². The molecule has 2 atom stereocenters. The topological polar surface area (TPSA) is 45.2 Å². The second-order valence-corrected chi connectivity index (χ2v) is 6.59. The van der Waals surface area contributed by atoms with E-state index in [2.05, 4.69) is 24.1 Å². The molecule has 1 saturated carbocycles. The second-order valence-electron chi connectivity index (χ2n) is 5.39. The van der Waals surface area contributed by atoms with Crippen LogP contribution in [0.25, 0.3) is 0 Å². The molecule has 4 nitrogen and oxygen atoms in total. The van der Waals surface area contributed by atoms with Crippen molar-refractivity contribution in [1.29, 1.82) is 0 Å². The fourth-order valence-corrected chi connectivity index (χ4v) is 3.40. The molecule has 0 spiro atoms. The number of thiazole rings is 1. The smallest absolute Gasteiger partial charge is 0.317 e. The van der Waals surface area contributed by atoms with E-state index < -0.39 is 0 Å². The Labute approximate surface area is 119 Å². The molecule has 1 N–H and O–H groups in total. The molecular weight excluding hydrogens is 258 g/mol. The molecule has 0 aliphatic heterocycles. The lowest BCUT2D eigenvalue weighted by molar-refractivity contribution is 0.200. The van der Waals surface area contributed by atoms with Crippen molar-refractivity contribution in [1.82, 2.24) is 15.2 Å². The molecule has 0 radical (unpaired) electrons. The summed E-state index contributed by atoms with van der Waals surface area (Å²) in [6, 6.07) is 0.365. The van der Waals surface area contributed by atoms with E-state index in [9.17, 15) is 4.79 Å². The van der Waals surface area contributed by atoms with Crippen molar-refractivity contribution in [3.63, 3.8) is 0 Å². The summed E-state index contributed by atoms with van der Waals surface area (Å²) < 4.78 is 0.